The monoisotopic (exact) mass is 921 g/mol. The number of ether oxygens (including phenoxy) is 3. The van der Waals surface area contributed by atoms with E-state index in [2.05, 4.69) is 87.6 Å². The maximum Gasteiger partial charge on any atom is 0.306 e. The molecule has 0 fully saturated rings. The van der Waals surface area contributed by atoms with Gasteiger partial charge < -0.3 is 14.2 Å². The number of carbonyl (C=O) groups excluding carboxylic acids is 2. The van der Waals surface area contributed by atoms with Crippen LogP contribution in [0, 0.1) is 0 Å². The fraction of sp³-hybridized carbons (Fsp3) is 0.770. The zero-order valence-electron chi connectivity index (χ0n) is 44.0. The van der Waals surface area contributed by atoms with Crippen molar-refractivity contribution in [3.8, 4) is 0 Å². The van der Waals surface area contributed by atoms with E-state index in [-0.39, 0.29) is 25.2 Å². The Morgan fingerprint density at radius 2 is 0.712 bits per heavy atom. The van der Waals surface area contributed by atoms with E-state index in [4.69, 9.17) is 14.2 Å². The van der Waals surface area contributed by atoms with Crippen molar-refractivity contribution in [2.45, 2.75) is 284 Å². The third-order valence-corrected chi connectivity index (χ3v) is 12.2. The lowest BCUT2D eigenvalue weighted by Crippen LogP contribution is -2.30. The molecule has 0 N–H and O–H groups in total. The predicted octanol–water partition coefficient (Wildman–Crippen LogP) is 19.5. The first kappa shape index (κ1) is 63.3. The average Bonchev–Trinajstić information content (AvgIpc) is 3.32. The van der Waals surface area contributed by atoms with Gasteiger partial charge in [0, 0.05) is 19.4 Å². The molecule has 1 atom stereocenters. The number of rotatable bonds is 52. The van der Waals surface area contributed by atoms with Crippen molar-refractivity contribution in [2.75, 3.05) is 19.8 Å². The van der Waals surface area contributed by atoms with Crippen LogP contribution in [-0.2, 0) is 23.8 Å². The molecule has 0 aliphatic heterocycles. The molecule has 382 valence electrons. The van der Waals surface area contributed by atoms with Crippen molar-refractivity contribution in [3.05, 3.63) is 72.9 Å². The van der Waals surface area contributed by atoms with Gasteiger partial charge in [-0.2, -0.15) is 0 Å². The van der Waals surface area contributed by atoms with E-state index in [1.165, 1.54) is 180 Å². The van der Waals surface area contributed by atoms with E-state index in [9.17, 15) is 9.59 Å². The summed E-state index contributed by atoms with van der Waals surface area (Å²) < 4.78 is 17.4. The van der Waals surface area contributed by atoms with Crippen molar-refractivity contribution < 1.29 is 23.8 Å². The van der Waals surface area contributed by atoms with Gasteiger partial charge in [0.15, 0.2) is 6.10 Å². The van der Waals surface area contributed by atoms with Gasteiger partial charge in [-0.1, -0.05) is 261 Å². The molecular weight excluding hydrogens is 813 g/mol. The molecule has 5 nitrogen and oxygen atoms in total. The predicted molar refractivity (Wildman–Crippen MR) is 288 cm³/mol. The molecule has 0 heterocycles. The van der Waals surface area contributed by atoms with Crippen LogP contribution in [0.15, 0.2) is 72.9 Å². The van der Waals surface area contributed by atoms with Crippen LogP contribution in [0.2, 0.25) is 0 Å². The minimum Gasteiger partial charge on any atom is -0.462 e. The zero-order valence-corrected chi connectivity index (χ0v) is 44.0. The highest BCUT2D eigenvalue weighted by Gasteiger charge is 2.17. The first-order chi connectivity index (χ1) is 32.6. The molecule has 0 saturated carbocycles. The van der Waals surface area contributed by atoms with Gasteiger partial charge in [0.05, 0.1) is 6.61 Å². The smallest absolute Gasteiger partial charge is 0.306 e. The number of unbranched alkanes of at least 4 members (excludes halogenated alkanes) is 29. The Hall–Kier alpha value is -2.66. The highest BCUT2D eigenvalue weighted by Crippen LogP contribution is 2.16. The van der Waals surface area contributed by atoms with Gasteiger partial charge in [0.25, 0.3) is 0 Å². The summed E-state index contributed by atoms with van der Waals surface area (Å²) in [7, 11) is 0. The Morgan fingerprint density at radius 1 is 0.348 bits per heavy atom. The summed E-state index contributed by atoms with van der Waals surface area (Å²) in [6, 6.07) is 0. The molecular formula is C61H108O5. The molecule has 0 spiro atoms. The summed E-state index contributed by atoms with van der Waals surface area (Å²) in [6.45, 7) is 7.64. The molecule has 1 unspecified atom stereocenters. The molecule has 5 heteroatoms. The van der Waals surface area contributed by atoms with E-state index in [0.717, 1.165) is 57.8 Å². The van der Waals surface area contributed by atoms with Crippen molar-refractivity contribution in [2.24, 2.45) is 0 Å². The lowest BCUT2D eigenvalue weighted by Gasteiger charge is -2.18. The first-order valence-electron chi connectivity index (χ1n) is 28.5. The first-order valence-corrected chi connectivity index (χ1v) is 28.5. The lowest BCUT2D eigenvalue weighted by molar-refractivity contribution is -0.162. The van der Waals surface area contributed by atoms with Gasteiger partial charge in [-0.15, -0.1) is 0 Å². The normalized spacial score (nSPS) is 12.7. The Balaban J connectivity index is 4.28. The zero-order chi connectivity index (χ0) is 47.7. The second kappa shape index (κ2) is 56.7. The maximum atomic E-state index is 12.8. The van der Waals surface area contributed by atoms with Crippen LogP contribution in [-0.4, -0.2) is 37.9 Å². The molecule has 0 rings (SSSR count). The molecule has 0 aromatic heterocycles. The Kier molecular flexibility index (Phi) is 54.4. The SMILES string of the molecule is CC/C=C\C/C=C\C/C=C\C/C=C\CCC(=O)OC(COCCCCCCCCCCCC/C=C\C/C=C\CCCCC)COC(=O)CCCCCCCCCCCCCCCCCCC. The van der Waals surface area contributed by atoms with E-state index >= 15 is 0 Å². The van der Waals surface area contributed by atoms with Gasteiger partial charge in [0.2, 0.25) is 0 Å². The standard InChI is InChI=1S/C61H108O5/c1-4-7-10-13-16-19-22-25-27-29-30-31-33-35-38-41-44-47-50-53-56-64-57-59(66-61(63)55-52-49-46-43-40-36-24-21-18-15-12-9-6-3)58-65-60(62)54-51-48-45-42-39-37-34-32-28-26-23-20-17-14-11-8-5-2/h9,12,16,18-19,21,25,27,36,40,46,49,59H,4-8,10-11,13-15,17,20,22-24,26,28-35,37-39,41-45,47-48,50-58H2,1-3H3/b12-9-,19-16-,21-18-,27-25-,40-36-,49-46-. The third-order valence-electron chi connectivity index (χ3n) is 12.2. The number of allylic oxidation sites excluding steroid dienone is 12. The average molecular weight is 922 g/mol. The number of hydrogen-bond acceptors (Lipinski definition) is 5. The van der Waals surface area contributed by atoms with Gasteiger partial charge in [-0.25, -0.2) is 0 Å². The number of carbonyl (C=O) groups is 2. The molecule has 0 radical (unpaired) electrons. The quantitative estimate of drug-likeness (QED) is 0.0346. The van der Waals surface area contributed by atoms with Crippen molar-refractivity contribution in [1.82, 2.24) is 0 Å². The Labute approximate surface area is 410 Å². The van der Waals surface area contributed by atoms with Gasteiger partial charge >= 0.3 is 11.9 Å². The molecule has 0 aliphatic rings. The van der Waals surface area contributed by atoms with Crippen LogP contribution in [0.5, 0.6) is 0 Å². The maximum absolute atomic E-state index is 12.8. The fourth-order valence-corrected chi connectivity index (χ4v) is 8.03. The molecule has 0 saturated heterocycles. The van der Waals surface area contributed by atoms with Crippen molar-refractivity contribution >= 4 is 11.9 Å². The van der Waals surface area contributed by atoms with E-state index in [1.54, 1.807) is 0 Å². The number of esters is 2. The van der Waals surface area contributed by atoms with Crippen LogP contribution in [0.4, 0.5) is 0 Å². The summed E-state index contributed by atoms with van der Waals surface area (Å²) >= 11 is 0. The van der Waals surface area contributed by atoms with Gasteiger partial charge in [-0.3, -0.25) is 9.59 Å². The molecule has 0 bridgehead atoms. The summed E-state index contributed by atoms with van der Waals surface area (Å²) in [5.41, 5.74) is 0. The van der Waals surface area contributed by atoms with Crippen molar-refractivity contribution in [1.29, 1.82) is 0 Å². The summed E-state index contributed by atoms with van der Waals surface area (Å²) in [6.07, 6.45) is 73.7. The minimum absolute atomic E-state index is 0.0566. The molecule has 0 amide bonds. The topological polar surface area (TPSA) is 61.8 Å². The van der Waals surface area contributed by atoms with Crippen LogP contribution >= 0.6 is 0 Å². The molecule has 0 aromatic rings. The fourth-order valence-electron chi connectivity index (χ4n) is 8.03. The minimum atomic E-state index is -0.576. The van der Waals surface area contributed by atoms with Crippen LogP contribution in [0.1, 0.15) is 278 Å². The van der Waals surface area contributed by atoms with Crippen LogP contribution in [0.25, 0.3) is 0 Å². The van der Waals surface area contributed by atoms with E-state index < -0.39 is 6.10 Å². The molecule has 66 heavy (non-hydrogen) atoms. The Morgan fingerprint density at radius 3 is 1.18 bits per heavy atom. The summed E-state index contributed by atoms with van der Waals surface area (Å²) in [5, 5.41) is 0. The molecule has 0 aromatic carbocycles. The van der Waals surface area contributed by atoms with Gasteiger partial charge in [0.1, 0.15) is 6.61 Å². The molecule has 0 aliphatic carbocycles. The third kappa shape index (κ3) is 54.0. The van der Waals surface area contributed by atoms with Crippen LogP contribution < -0.4 is 0 Å². The highest BCUT2D eigenvalue weighted by molar-refractivity contribution is 5.70. The van der Waals surface area contributed by atoms with Gasteiger partial charge in [-0.05, 0) is 77.0 Å². The second-order valence-electron chi connectivity index (χ2n) is 18.8. The number of hydrogen-bond donors (Lipinski definition) is 0. The summed E-state index contributed by atoms with van der Waals surface area (Å²) in [4.78, 5) is 25.4. The van der Waals surface area contributed by atoms with Crippen molar-refractivity contribution in [3.63, 3.8) is 0 Å². The lowest BCUT2D eigenvalue weighted by atomic mass is 10.0. The Bertz CT molecular complexity index is 1180. The van der Waals surface area contributed by atoms with Crippen LogP contribution in [0.3, 0.4) is 0 Å². The second-order valence-corrected chi connectivity index (χ2v) is 18.8. The largest absolute Gasteiger partial charge is 0.462 e. The highest BCUT2D eigenvalue weighted by atomic mass is 16.6. The van der Waals surface area contributed by atoms with E-state index in [1.807, 2.05) is 6.08 Å². The summed E-state index contributed by atoms with van der Waals surface area (Å²) in [5.74, 6) is -0.482. The van der Waals surface area contributed by atoms with E-state index in [0.29, 0.717) is 25.9 Å².